The van der Waals surface area contributed by atoms with Gasteiger partial charge in [0.15, 0.2) is 0 Å². The molecule has 1 heterocycles. The highest BCUT2D eigenvalue weighted by Crippen LogP contribution is 2.37. The lowest BCUT2D eigenvalue weighted by Crippen LogP contribution is -2.21. The van der Waals surface area contributed by atoms with Gasteiger partial charge in [-0.15, -0.1) is 0 Å². The van der Waals surface area contributed by atoms with Gasteiger partial charge in [-0.05, 0) is 36.4 Å². The van der Waals surface area contributed by atoms with Crippen LogP contribution >= 0.6 is 11.6 Å². The number of carbonyl (C=O) groups excluding carboxylic acids is 1. The number of hydrogen-bond donors (Lipinski definition) is 3. The highest BCUT2D eigenvalue weighted by atomic mass is 35.5. The Morgan fingerprint density at radius 1 is 1.13 bits per heavy atom. The Kier molecular flexibility index (Phi) is 9.70. The van der Waals surface area contributed by atoms with Gasteiger partial charge in [-0.2, -0.15) is 31.4 Å². The number of aromatic nitrogens is 2. The number of halogens is 8. The standard InChI is InChI=1S/C20H17ClF4N4O2.C2HF3O2/c1-29-18(15(21)10-27-29)13-9-12(3-5-17(13)31-7-6-26)28-19(30)11-2-4-16(22)14(8-11)20(23,24)25;3-2(4,5)1(6)7/h2-5,8-10H,6-7,26H2,1H3,(H,28,30);(H,6,7). The van der Waals surface area contributed by atoms with Crippen LogP contribution in [-0.2, 0) is 18.0 Å². The van der Waals surface area contributed by atoms with Gasteiger partial charge in [0.25, 0.3) is 5.91 Å². The zero-order valence-corrected chi connectivity index (χ0v) is 19.9. The van der Waals surface area contributed by atoms with Crippen molar-refractivity contribution in [1.29, 1.82) is 0 Å². The van der Waals surface area contributed by atoms with E-state index in [1.54, 1.807) is 19.2 Å². The highest BCUT2D eigenvalue weighted by Gasteiger charge is 2.38. The third-order valence-corrected chi connectivity index (χ3v) is 4.82. The fraction of sp³-hybridized carbons (Fsp3) is 0.227. The van der Waals surface area contributed by atoms with E-state index in [9.17, 15) is 35.5 Å². The molecule has 4 N–H and O–H groups in total. The molecule has 0 radical (unpaired) electrons. The van der Waals surface area contributed by atoms with Crippen molar-refractivity contribution in [2.75, 3.05) is 18.5 Å². The number of rotatable bonds is 6. The number of carboxylic acids is 1. The van der Waals surface area contributed by atoms with Crippen molar-refractivity contribution in [3.8, 4) is 17.0 Å². The molecular weight excluding hydrogens is 553 g/mol. The maximum absolute atomic E-state index is 13.5. The Morgan fingerprint density at radius 3 is 2.26 bits per heavy atom. The van der Waals surface area contributed by atoms with Crippen molar-refractivity contribution in [2.24, 2.45) is 12.8 Å². The molecule has 0 bridgehead atoms. The normalized spacial score (nSPS) is 11.4. The van der Waals surface area contributed by atoms with Crippen LogP contribution in [0.15, 0.2) is 42.6 Å². The lowest BCUT2D eigenvalue weighted by Gasteiger charge is -2.15. The fourth-order valence-corrected chi connectivity index (χ4v) is 3.16. The molecule has 1 aromatic heterocycles. The van der Waals surface area contributed by atoms with Crippen LogP contribution in [-0.4, -0.2) is 46.1 Å². The summed E-state index contributed by atoms with van der Waals surface area (Å²) in [6.07, 6.45) is -8.57. The first-order valence-electron chi connectivity index (χ1n) is 10.2. The number of anilines is 1. The molecule has 0 atom stereocenters. The molecule has 8 nitrogen and oxygen atoms in total. The van der Waals surface area contributed by atoms with Crippen molar-refractivity contribution >= 4 is 29.2 Å². The number of benzene rings is 2. The number of nitrogens with one attached hydrogen (secondary N) is 1. The van der Waals surface area contributed by atoms with E-state index in [4.69, 9.17) is 32.0 Å². The predicted molar refractivity (Wildman–Crippen MR) is 121 cm³/mol. The minimum Gasteiger partial charge on any atom is -0.492 e. The van der Waals surface area contributed by atoms with Crippen molar-refractivity contribution in [2.45, 2.75) is 12.4 Å². The SMILES string of the molecule is Cn1ncc(Cl)c1-c1cc(NC(=O)c2ccc(F)c(C(F)(F)F)c2)ccc1OCCN.O=C(O)C(F)(F)F. The molecule has 16 heteroatoms. The molecule has 2 aromatic carbocycles. The molecule has 0 unspecified atom stereocenters. The number of amides is 1. The van der Waals surface area contributed by atoms with E-state index in [0.29, 0.717) is 34.2 Å². The summed E-state index contributed by atoms with van der Waals surface area (Å²) >= 11 is 6.22. The van der Waals surface area contributed by atoms with Gasteiger partial charge >= 0.3 is 18.3 Å². The van der Waals surface area contributed by atoms with E-state index in [2.05, 4.69) is 10.4 Å². The summed E-state index contributed by atoms with van der Waals surface area (Å²) in [5, 5.41) is 14.0. The number of hydrogen-bond acceptors (Lipinski definition) is 5. The lowest BCUT2D eigenvalue weighted by molar-refractivity contribution is -0.192. The largest absolute Gasteiger partial charge is 0.492 e. The molecule has 0 fully saturated rings. The van der Waals surface area contributed by atoms with E-state index in [-0.39, 0.29) is 24.4 Å². The van der Waals surface area contributed by atoms with E-state index in [1.165, 1.54) is 16.9 Å². The van der Waals surface area contributed by atoms with Crippen molar-refractivity contribution in [3.63, 3.8) is 0 Å². The summed E-state index contributed by atoms with van der Waals surface area (Å²) in [7, 11) is 1.66. The molecule has 0 spiro atoms. The van der Waals surface area contributed by atoms with Crippen LogP contribution in [0.2, 0.25) is 5.02 Å². The Labute approximate surface area is 214 Å². The van der Waals surface area contributed by atoms with Crippen LogP contribution in [0.1, 0.15) is 15.9 Å². The lowest BCUT2D eigenvalue weighted by atomic mass is 10.1. The molecule has 0 aliphatic heterocycles. The Morgan fingerprint density at radius 2 is 1.76 bits per heavy atom. The quantitative estimate of drug-likeness (QED) is 0.354. The molecule has 0 saturated heterocycles. The number of carbonyl (C=O) groups is 2. The van der Waals surface area contributed by atoms with Gasteiger partial charge in [-0.1, -0.05) is 11.6 Å². The smallest absolute Gasteiger partial charge is 0.490 e. The summed E-state index contributed by atoms with van der Waals surface area (Å²) in [5.41, 5.74) is 4.87. The van der Waals surface area contributed by atoms with E-state index < -0.39 is 35.6 Å². The minimum atomic E-state index is -5.08. The molecule has 0 aliphatic carbocycles. The van der Waals surface area contributed by atoms with Gasteiger partial charge < -0.3 is 20.9 Å². The van der Waals surface area contributed by atoms with Crippen LogP contribution in [0.4, 0.5) is 36.4 Å². The van der Waals surface area contributed by atoms with Gasteiger partial charge in [0.2, 0.25) is 0 Å². The Hall–Kier alpha value is -3.85. The number of carboxylic acid groups (broad SMARTS) is 1. The van der Waals surface area contributed by atoms with Crippen molar-refractivity contribution in [3.05, 3.63) is 64.6 Å². The second kappa shape index (κ2) is 12.1. The molecular formula is C22H18ClF7N4O4. The van der Waals surface area contributed by atoms with Crippen molar-refractivity contribution in [1.82, 2.24) is 9.78 Å². The van der Waals surface area contributed by atoms with Gasteiger partial charge in [0, 0.05) is 30.4 Å². The highest BCUT2D eigenvalue weighted by molar-refractivity contribution is 6.33. The Bertz CT molecular complexity index is 1290. The molecule has 0 aliphatic rings. The van der Waals surface area contributed by atoms with Crippen LogP contribution in [0.25, 0.3) is 11.3 Å². The molecule has 1 amide bonds. The average molecular weight is 571 g/mol. The summed E-state index contributed by atoms with van der Waals surface area (Å²) in [4.78, 5) is 21.4. The maximum atomic E-state index is 13.5. The van der Waals surface area contributed by atoms with Crippen LogP contribution in [0, 0.1) is 5.82 Å². The minimum absolute atomic E-state index is 0.226. The molecule has 206 valence electrons. The van der Waals surface area contributed by atoms with E-state index >= 15 is 0 Å². The number of nitrogens with zero attached hydrogens (tertiary/aromatic N) is 2. The van der Waals surface area contributed by atoms with Gasteiger partial charge in [-0.3, -0.25) is 9.48 Å². The van der Waals surface area contributed by atoms with Crippen LogP contribution in [0.5, 0.6) is 5.75 Å². The first-order valence-corrected chi connectivity index (χ1v) is 10.6. The molecule has 38 heavy (non-hydrogen) atoms. The van der Waals surface area contributed by atoms with E-state index in [1.807, 2.05) is 0 Å². The molecule has 3 aromatic rings. The zero-order chi connectivity index (χ0) is 28.8. The maximum Gasteiger partial charge on any atom is 0.490 e. The third kappa shape index (κ3) is 7.82. The van der Waals surface area contributed by atoms with Gasteiger partial charge in [0.05, 0.1) is 22.5 Å². The molecule has 0 saturated carbocycles. The monoisotopic (exact) mass is 570 g/mol. The average Bonchev–Trinajstić information content (AvgIpc) is 3.15. The van der Waals surface area contributed by atoms with Gasteiger partial charge in [0.1, 0.15) is 18.2 Å². The van der Waals surface area contributed by atoms with Crippen LogP contribution in [0.3, 0.4) is 0 Å². The topological polar surface area (TPSA) is 119 Å². The number of alkyl halides is 6. The fourth-order valence-electron chi connectivity index (χ4n) is 2.89. The molecule has 3 rings (SSSR count). The number of aryl methyl sites for hydroxylation is 1. The van der Waals surface area contributed by atoms with E-state index in [0.717, 1.165) is 6.07 Å². The number of aliphatic carboxylic acids is 1. The second-order valence-corrected chi connectivity index (χ2v) is 7.67. The summed E-state index contributed by atoms with van der Waals surface area (Å²) in [6, 6.07) is 6.64. The van der Waals surface area contributed by atoms with Crippen LogP contribution < -0.4 is 15.8 Å². The van der Waals surface area contributed by atoms with Crippen molar-refractivity contribution < 1.29 is 50.2 Å². The zero-order valence-electron chi connectivity index (χ0n) is 19.1. The summed E-state index contributed by atoms with van der Waals surface area (Å²) in [6.45, 7) is 0.493. The first-order chi connectivity index (χ1) is 17.6. The Balaban J connectivity index is 0.000000638. The predicted octanol–water partition coefficient (Wildman–Crippen LogP) is 5.12. The number of nitrogens with two attached hydrogens (primary N) is 1. The van der Waals surface area contributed by atoms with Gasteiger partial charge in [-0.25, -0.2) is 9.18 Å². The summed E-state index contributed by atoms with van der Waals surface area (Å²) < 4.78 is 91.2. The summed E-state index contributed by atoms with van der Waals surface area (Å²) in [5.74, 6) is -4.63. The first kappa shape index (κ1) is 30.4. The third-order valence-electron chi connectivity index (χ3n) is 4.54. The number of ether oxygens (including phenoxy) is 1. The second-order valence-electron chi connectivity index (χ2n) is 7.26.